The van der Waals surface area contributed by atoms with Gasteiger partial charge in [-0.1, -0.05) is 112 Å². The van der Waals surface area contributed by atoms with Crippen LogP contribution >= 0.6 is 12.2 Å². The van der Waals surface area contributed by atoms with Gasteiger partial charge in [-0.3, -0.25) is 19.6 Å². The lowest BCUT2D eigenvalue weighted by atomic mass is 9.98. The van der Waals surface area contributed by atoms with Gasteiger partial charge in [-0.05, 0) is 115 Å². The number of carboxylic acids is 4. The average molecular weight is 1570 g/mol. The molecule has 608 valence electrons. The zero-order valence-electron chi connectivity index (χ0n) is 65.2. The van der Waals surface area contributed by atoms with Crippen LogP contribution in [0.3, 0.4) is 0 Å². The number of nitrogens with two attached hydrogens (primary N) is 1. The van der Waals surface area contributed by atoms with Crippen molar-refractivity contribution in [1.82, 2.24) is 50.2 Å². The van der Waals surface area contributed by atoms with Gasteiger partial charge in [-0.2, -0.15) is 0 Å². The minimum absolute atomic E-state index is 0. The first-order valence-electron chi connectivity index (χ1n) is 37.8. The molecular weight excluding hydrogens is 1450 g/mol. The van der Waals surface area contributed by atoms with E-state index in [2.05, 4.69) is 85.7 Å². The van der Waals surface area contributed by atoms with Gasteiger partial charge in [-0.15, -0.1) is 0 Å². The number of carboxylic acid groups (broad SMARTS) is 4. The van der Waals surface area contributed by atoms with Gasteiger partial charge in [-0.25, -0.2) is 44.1 Å². The highest BCUT2D eigenvalue weighted by atomic mass is 32.1. The number of benzene rings is 2. The molecule has 6 aromatic rings. The molecule has 2 saturated heterocycles. The molecule has 2 unspecified atom stereocenters. The summed E-state index contributed by atoms with van der Waals surface area (Å²) in [6.45, 7) is 23.6. The number of rotatable bonds is 31. The summed E-state index contributed by atoms with van der Waals surface area (Å²) in [7, 11) is 0. The summed E-state index contributed by atoms with van der Waals surface area (Å²) in [6, 6.07) is 35.6. The number of ether oxygens (including phenoxy) is 8. The summed E-state index contributed by atoms with van der Waals surface area (Å²) < 4.78 is 47.7. The van der Waals surface area contributed by atoms with Crippen LogP contribution in [-0.2, 0) is 51.0 Å². The zero-order chi connectivity index (χ0) is 78.2. The van der Waals surface area contributed by atoms with Crippen molar-refractivity contribution in [2.75, 3.05) is 184 Å². The average Bonchev–Trinajstić information content (AvgIpc) is 0.811. The maximum atomic E-state index is 12.0. The second kappa shape index (κ2) is 55.5. The van der Waals surface area contributed by atoms with Crippen molar-refractivity contribution in [2.24, 2.45) is 10.7 Å². The SMILES string of the molecule is C=C(NCCCCCCN)c1ccc(C(c2cccc(C(=O)O)n2)N2CCOCCOCCN(Cc3cccc(C(=O)O)n3)CCOCCOCC2)cc1.C=C(NCCCCCCN=C=S)c1ccc(C(c2cccc(C(=O)O)n2)N2CCOCCOCCN(Cc3cccc(C(=O)O)n3)CCOCCOCC2)cc1.[CH3+].[CH3+]. The van der Waals surface area contributed by atoms with Crippen molar-refractivity contribution in [3.05, 3.63) is 217 Å². The predicted molar refractivity (Wildman–Crippen MR) is 434 cm³/mol. The fourth-order valence-electron chi connectivity index (χ4n) is 12.2. The second-order valence-electron chi connectivity index (χ2n) is 26.1. The molecule has 29 heteroatoms. The number of aromatic nitrogens is 4. The Bertz CT molecular complexity index is 3730. The molecule has 8 rings (SSSR count). The predicted octanol–water partition coefficient (Wildman–Crippen LogP) is 9.90. The number of isothiocyanates is 1. The van der Waals surface area contributed by atoms with Gasteiger partial charge in [0.2, 0.25) is 0 Å². The van der Waals surface area contributed by atoms with Crippen LogP contribution in [0.1, 0.15) is 150 Å². The molecule has 2 fully saturated rings. The van der Waals surface area contributed by atoms with Gasteiger partial charge in [0.1, 0.15) is 22.8 Å². The number of nitrogens with zero attached hydrogens (tertiary/aromatic N) is 9. The number of pyridine rings is 4. The molecule has 6 heterocycles. The van der Waals surface area contributed by atoms with Crippen molar-refractivity contribution in [3.8, 4) is 0 Å². The van der Waals surface area contributed by atoms with E-state index in [4.69, 9.17) is 43.6 Å². The lowest BCUT2D eigenvalue weighted by Crippen LogP contribution is -2.36. The van der Waals surface area contributed by atoms with E-state index in [-0.39, 0.29) is 49.7 Å². The molecule has 0 bridgehead atoms. The molecule has 8 N–H and O–H groups in total. The Morgan fingerprint density at radius 1 is 0.420 bits per heavy atom. The topological polar surface area (TPSA) is 350 Å². The van der Waals surface area contributed by atoms with Gasteiger partial charge in [0.25, 0.3) is 0 Å². The summed E-state index contributed by atoms with van der Waals surface area (Å²) in [6.07, 6.45) is 8.53. The third-order valence-electron chi connectivity index (χ3n) is 18.1. The van der Waals surface area contributed by atoms with Gasteiger partial charge < -0.3 is 74.7 Å². The lowest BCUT2D eigenvalue weighted by molar-refractivity contribution is 0.00331. The van der Waals surface area contributed by atoms with Crippen LogP contribution in [0.25, 0.3) is 11.4 Å². The molecule has 0 radical (unpaired) electrons. The molecule has 28 nitrogen and oxygen atoms in total. The van der Waals surface area contributed by atoms with Crippen molar-refractivity contribution >= 4 is 52.7 Å². The molecule has 4 aromatic heterocycles. The number of aromatic carboxylic acids is 4. The molecule has 112 heavy (non-hydrogen) atoms. The Balaban J connectivity index is 0.000000394. The van der Waals surface area contributed by atoms with E-state index in [1.165, 1.54) is 24.3 Å². The maximum absolute atomic E-state index is 12.0. The first kappa shape index (κ1) is 93.6. The summed E-state index contributed by atoms with van der Waals surface area (Å²) in [5.41, 5.74) is 13.6. The van der Waals surface area contributed by atoms with E-state index in [9.17, 15) is 39.6 Å². The molecule has 0 amide bonds. The number of hydrogen-bond acceptors (Lipinski definition) is 25. The van der Waals surface area contributed by atoms with Crippen molar-refractivity contribution in [2.45, 2.75) is 76.5 Å². The van der Waals surface area contributed by atoms with E-state index in [0.717, 1.165) is 111 Å². The van der Waals surface area contributed by atoms with Crippen LogP contribution in [0.2, 0.25) is 0 Å². The smallest absolute Gasteiger partial charge is 0.354 e. The Morgan fingerprint density at radius 2 is 0.723 bits per heavy atom. The van der Waals surface area contributed by atoms with E-state index >= 15 is 0 Å². The number of thiocarbonyl (C=S) groups is 1. The summed E-state index contributed by atoms with van der Waals surface area (Å²) in [5, 5.41) is 47.5. The molecule has 0 aliphatic carbocycles. The number of aliphatic imine (C=N–C) groups is 1. The first-order valence-corrected chi connectivity index (χ1v) is 38.3. The Morgan fingerprint density at radius 3 is 1.04 bits per heavy atom. The minimum atomic E-state index is -1.09. The van der Waals surface area contributed by atoms with Crippen LogP contribution in [0.5, 0.6) is 0 Å². The fraction of sp³-hybridized carbons (Fsp3) is 0.482. The Labute approximate surface area is 665 Å². The molecule has 0 spiro atoms. The fourth-order valence-corrected chi connectivity index (χ4v) is 12.3. The van der Waals surface area contributed by atoms with Crippen LogP contribution in [0.15, 0.2) is 139 Å². The molecular formula is C83H116N12O16S+2. The standard InChI is InChI=1S/C41H54N6O8S.C40H56N6O8.2CH3/c1-32(43-17-5-3-2-4-16-42-31-56)33-12-14-34(15-13-33)39(36-9-7-11-38(45-36)41(50)51)47-20-24-54-28-26-52-22-18-46(19-23-53-27-29-55-25-21-47)30-35-8-6-10-37(44-35)40(48)49;1-31(42-17-5-3-2-4-16-41)32-12-14-33(15-13-32)38(35-9-7-11-37(44-35)40(49)50)46-20-24-53-28-26-51-22-18-45(19-23-52-27-29-54-25-21-46)30-34-8-6-10-36(43-34)39(47)48;;/h6-15,39,43H,1-5,16-30H2,(H,48,49)(H,50,51);6-15,38,42H,1-5,16-30,41H2,(H,47,48)(H,49,50);2*1H3/q;;2*+1. The summed E-state index contributed by atoms with van der Waals surface area (Å²) in [4.78, 5) is 76.9. The molecule has 0 saturated carbocycles. The van der Waals surface area contributed by atoms with Gasteiger partial charge in [0, 0.05) is 111 Å². The van der Waals surface area contributed by atoms with Crippen molar-refractivity contribution in [3.63, 3.8) is 0 Å². The first-order chi connectivity index (χ1) is 53.7. The highest BCUT2D eigenvalue weighted by molar-refractivity contribution is 7.78. The molecule has 2 aliphatic rings. The minimum Gasteiger partial charge on any atom is -0.477 e. The van der Waals surface area contributed by atoms with Crippen molar-refractivity contribution in [1.29, 1.82) is 0 Å². The maximum Gasteiger partial charge on any atom is 0.354 e. The third kappa shape index (κ3) is 35.4. The molecule has 2 aromatic carbocycles. The highest BCUT2D eigenvalue weighted by Gasteiger charge is 2.28. The number of hydrogen-bond donors (Lipinski definition) is 7. The Hall–Kier alpha value is -8.98. The second-order valence-corrected chi connectivity index (χ2v) is 26.3. The van der Waals surface area contributed by atoms with Crippen LogP contribution in [-0.4, -0.2) is 273 Å². The quantitative estimate of drug-likeness (QED) is 0.00920. The van der Waals surface area contributed by atoms with Gasteiger partial charge >= 0.3 is 23.9 Å². The lowest BCUT2D eigenvalue weighted by Gasteiger charge is -2.32. The van der Waals surface area contributed by atoms with Crippen molar-refractivity contribution < 1.29 is 77.5 Å². The van der Waals surface area contributed by atoms with Gasteiger partial charge in [0.05, 0.1) is 146 Å². The highest BCUT2D eigenvalue weighted by Crippen LogP contribution is 2.31. The third-order valence-corrected chi connectivity index (χ3v) is 18.2. The number of unbranched alkanes of at least 4 members (excludes halogenated alkanes) is 6. The number of nitrogens with one attached hydrogen (secondary N) is 2. The normalized spacial score (nSPS) is 16.3. The van der Waals surface area contributed by atoms with E-state index < -0.39 is 23.9 Å². The van der Waals surface area contributed by atoms with E-state index in [0.29, 0.717) is 194 Å². The van der Waals surface area contributed by atoms with E-state index in [1.54, 1.807) is 24.3 Å². The van der Waals surface area contributed by atoms with Crippen LogP contribution in [0.4, 0.5) is 0 Å². The Kier molecular flexibility index (Phi) is 46.4. The summed E-state index contributed by atoms with van der Waals surface area (Å²) >= 11 is 4.62. The largest absolute Gasteiger partial charge is 0.477 e. The van der Waals surface area contributed by atoms with E-state index in [1.807, 2.05) is 72.8 Å². The van der Waals surface area contributed by atoms with Crippen LogP contribution in [0, 0.1) is 14.9 Å². The molecule has 2 aliphatic heterocycles. The van der Waals surface area contributed by atoms with Gasteiger partial charge in [0.15, 0.2) is 0 Å². The molecule has 2 atom stereocenters. The number of carbonyl (C=O) groups is 4. The van der Waals surface area contributed by atoms with Crippen LogP contribution < -0.4 is 16.4 Å². The monoisotopic (exact) mass is 1570 g/mol. The zero-order valence-corrected chi connectivity index (χ0v) is 66.0. The summed E-state index contributed by atoms with van der Waals surface area (Å²) in [5.74, 6) is -4.30.